The smallest absolute Gasteiger partial charge is 0.309 e. The number of carbonyl (C=O) groups excluding carboxylic acids is 1. The van der Waals surface area contributed by atoms with Crippen molar-refractivity contribution >= 4 is 16.8 Å². The molecule has 1 aliphatic carbocycles. The molecule has 32 heavy (non-hydrogen) atoms. The van der Waals surface area contributed by atoms with Gasteiger partial charge in [-0.15, -0.1) is 10.2 Å². The molecule has 2 N–H and O–H groups in total. The molecule has 10 heteroatoms. The van der Waals surface area contributed by atoms with Crippen molar-refractivity contribution in [3.8, 4) is 22.7 Å². The Morgan fingerprint density at radius 2 is 1.91 bits per heavy atom. The van der Waals surface area contributed by atoms with Crippen molar-refractivity contribution in [1.82, 2.24) is 20.5 Å². The van der Waals surface area contributed by atoms with Crippen LogP contribution < -0.4 is 5.32 Å². The van der Waals surface area contributed by atoms with Crippen LogP contribution in [0.1, 0.15) is 23.5 Å². The molecule has 0 atom stereocenters. The number of H-pyrrole nitrogens is 1. The molecule has 0 unspecified atom stereocenters. The third kappa shape index (κ3) is 3.52. The first-order valence-electron chi connectivity index (χ1n) is 9.81. The van der Waals surface area contributed by atoms with Crippen molar-refractivity contribution < 1.29 is 27.1 Å². The van der Waals surface area contributed by atoms with Crippen LogP contribution in [0.2, 0.25) is 0 Å². The summed E-state index contributed by atoms with van der Waals surface area (Å²) in [6.45, 7) is 0.357. The van der Waals surface area contributed by atoms with E-state index in [1.165, 1.54) is 24.3 Å². The number of ether oxygens (including phenoxy) is 1. The van der Waals surface area contributed by atoms with Crippen molar-refractivity contribution in [2.75, 3.05) is 13.7 Å². The number of fused-ring (bicyclic) bond motifs is 1. The summed E-state index contributed by atoms with van der Waals surface area (Å²) in [4.78, 5) is 15.5. The van der Waals surface area contributed by atoms with Crippen LogP contribution in [0.5, 0.6) is 0 Å². The lowest BCUT2D eigenvalue weighted by molar-refractivity contribution is 0.0848. The number of hydrogen-bond donors (Lipinski definition) is 2. The third-order valence-corrected chi connectivity index (χ3v) is 5.44. The van der Waals surface area contributed by atoms with Gasteiger partial charge in [-0.05, 0) is 48.7 Å². The fourth-order valence-corrected chi connectivity index (χ4v) is 3.72. The highest BCUT2D eigenvalue weighted by atomic mass is 19.1. The number of halogens is 3. The number of amides is 1. The zero-order valence-electron chi connectivity index (χ0n) is 16.8. The predicted molar refractivity (Wildman–Crippen MR) is 108 cm³/mol. The number of carbonyl (C=O) groups is 1. The standard InChI is InChI=1S/C22H17F3N4O3/c1-31-10-22(6-7-22)27-19(30)21-29-28-20(32-21)16-14-8-13(24)9-15(25)18(14)26-17(16)11-2-4-12(23)5-3-11/h2-5,8-9,26H,6-7,10H2,1H3,(H,27,30). The number of benzene rings is 2. The molecule has 1 fully saturated rings. The first kappa shape index (κ1) is 20.3. The minimum Gasteiger partial charge on any atom is -0.412 e. The fraction of sp³-hybridized carbons (Fsp3) is 0.227. The van der Waals surface area contributed by atoms with Crippen LogP contribution in [0.3, 0.4) is 0 Å². The number of methoxy groups -OCH3 is 1. The molecule has 7 nitrogen and oxygen atoms in total. The van der Waals surface area contributed by atoms with E-state index in [1.54, 1.807) is 7.11 Å². The summed E-state index contributed by atoms with van der Waals surface area (Å²) in [5, 5.41) is 10.7. The van der Waals surface area contributed by atoms with E-state index in [0.29, 0.717) is 17.9 Å². The lowest BCUT2D eigenvalue weighted by atomic mass is 10.0. The average Bonchev–Trinajstić information content (AvgIpc) is 3.17. The van der Waals surface area contributed by atoms with Crippen LogP contribution in [0.25, 0.3) is 33.6 Å². The molecule has 0 radical (unpaired) electrons. The Morgan fingerprint density at radius 3 is 2.59 bits per heavy atom. The van der Waals surface area contributed by atoms with Gasteiger partial charge in [-0.2, -0.15) is 0 Å². The summed E-state index contributed by atoms with van der Waals surface area (Å²) in [5.74, 6) is -3.04. The summed E-state index contributed by atoms with van der Waals surface area (Å²) in [6, 6.07) is 7.29. The predicted octanol–water partition coefficient (Wildman–Crippen LogP) is 4.21. The molecule has 0 spiro atoms. The Morgan fingerprint density at radius 1 is 1.16 bits per heavy atom. The maximum absolute atomic E-state index is 14.5. The lowest BCUT2D eigenvalue weighted by Gasteiger charge is -2.14. The van der Waals surface area contributed by atoms with E-state index in [9.17, 15) is 18.0 Å². The summed E-state index contributed by atoms with van der Waals surface area (Å²) in [7, 11) is 1.54. The van der Waals surface area contributed by atoms with Gasteiger partial charge in [-0.3, -0.25) is 4.79 Å². The van der Waals surface area contributed by atoms with Crippen LogP contribution in [0.4, 0.5) is 13.2 Å². The van der Waals surface area contributed by atoms with Gasteiger partial charge in [0, 0.05) is 18.6 Å². The highest BCUT2D eigenvalue weighted by Crippen LogP contribution is 2.39. The van der Waals surface area contributed by atoms with E-state index in [-0.39, 0.29) is 28.2 Å². The van der Waals surface area contributed by atoms with E-state index >= 15 is 0 Å². The number of hydrogen-bond acceptors (Lipinski definition) is 5. The Labute approximate surface area is 179 Å². The lowest BCUT2D eigenvalue weighted by Crippen LogP contribution is -2.40. The number of aromatic amines is 1. The van der Waals surface area contributed by atoms with Gasteiger partial charge in [0.25, 0.3) is 5.89 Å². The maximum Gasteiger partial charge on any atom is 0.309 e. The van der Waals surface area contributed by atoms with Crippen LogP contribution in [-0.2, 0) is 4.74 Å². The quantitative estimate of drug-likeness (QED) is 0.467. The Bertz CT molecular complexity index is 1330. The number of nitrogens with zero attached hydrogens (tertiary/aromatic N) is 2. The normalized spacial score (nSPS) is 14.6. The van der Waals surface area contributed by atoms with Gasteiger partial charge < -0.3 is 19.5 Å². The van der Waals surface area contributed by atoms with Crippen LogP contribution in [0, 0.1) is 17.5 Å². The van der Waals surface area contributed by atoms with Crippen molar-refractivity contribution in [2.45, 2.75) is 18.4 Å². The molecule has 1 amide bonds. The molecule has 2 aromatic heterocycles. The largest absolute Gasteiger partial charge is 0.412 e. The highest BCUT2D eigenvalue weighted by Gasteiger charge is 2.45. The highest BCUT2D eigenvalue weighted by molar-refractivity contribution is 6.02. The fourth-order valence-electron chi connectivity index (χ4n) is 3.72. The minimum absolute atomic E-state index is 0.0157. The molecule has 164 valence electrons. The zero-order valence-corrected chi connectivity index (χ0v) is 16.8. The molecule has 2 aromatic carbocycles. The topological polar surface area (TPSA) is 93.0 Å². The molecular formula is C22H17F3N4O3. The van der Waals surface area contributed by atoms with Crippen molar-refractivity contribution in [3.05, 3.63) is 59.7 Å². The van der Waals surface area contributed by atoms with E-state index in [1.807, 2.05) is 0 Å². The summed E-state index contributed by atoms with van der Waals surface area (Å²) in [5.41, 5.74) is 0.570. The van der Waals surface area contributed by atoms with Crippen LogP contribution >= 0.6 is 0 Å². The SMILES string of the molecule is COCC1(NC(=O)c2nnc(-c3c(-c4ccc(F)cc4)[nH]c4c(F)cc(F)cc34)o2)CC1. The second kappa shape index (κ2) is 7.49. The van der Waals surface area contributed by atoms with Crippen molar-refractivity contribution in [3.63, 3.8) is 0 Å². The summed E-state index contributed by atoms with van der Waals surface area (Å²) in [6.07, 6.45) is 1.53. The van der Waals surface area contributed by atoms with E-state index in [2.05, 4.69) is 20.5 Å². The summed E-state index contributed by atoms with van der Waals surface area (Å²) >= 11 is 0. The molecule has 1 saturated carbocycles. The van der Waals surface area contributed by atoms with Gasteiger partial charge in [-0.1, -0.05) is 0 Å². The number of nitrogens with one attached hydrogen (secondary N) is 2. The second-order valence-electron chi connectivity index (χ2n) is 7.77. The molecule has 2 heterocycles. The van der Waals surface area contributed by atoms with E-state index < -0.39 is 28.9 Å². The van der Waals surface area contributed by atoms with Gasteiger partial charge in [0.15, 0.2) is 0 Å². The minimum atomic E-state index is -0.817. The number of aromatic nitrogens is 3. The monoisotopic (exact) mass is 442 g/mol. The van der Waals surface area contributed by atoms with E-state index in [4.69, 9.17) is 9.15 Å². The Kier molecular flexibility index (Phi) is 4.74. The first-order chi connectivity index (χ1) is 15.4. The molecule has 5 rings (SSSR count). The summed E-state index contributed by atoms with van der Waals surface area (Å²) < 4.78 is 52.6. The molecular weight excluding hydrogens is 425 g/mol. The van der Waals surface area contributed by atoms with Gasteiger partial charge in [0.2, 0.25) is 0 Å². The van der Waals surface area contributed by atoms with E-state index in [0.717, 1.165) is 25.0 Å². The second-order valence-corrected chi connectivity index (χ2v) is 7.77. The van der Waals surface area contributed by atoms with Crippen LogP contribution in [-0.4, -0.2) is 40.3 Å². The van der Waals surface area contributed by atoms with Gasteiger partial charge in [-0.25, -0.2) is 13.2 Å². The molecule has 0 bridgehead atoms. The Hall–Kier alpha value is -3.66. The maximum atomic E-state index is 14.5. The molecule has 0 saturated heterocycles. The number of rotatable bonds is 6. The van der Waals surface area contributed by atoms with Crippen molar-refractivity contribution in [2.24, 2.45) is 0 Å². The molecule has 0 aliphatic heterocycles. The van der Waals surface area contributed by atoms with Gasteiger partial charge in [0.05, 0.1) is 28.9 Å². The third-order valence-electron chi connectivity index (χ3n) is 5.44. The average molecular weight is 442 g/mol. The zero-order chi connectivity index (χ0) is 22.5. The first-order valence-corrected chi connectivity index (χ1v) is 9.81. The Balaban J connectivity index is 1.60. The molecule has 4 aromatic rings. The van der Waals surface area contributed by atoms with Crippen molar-refractivity contribution in [1.29, 1.82) is 0 Å². The van der Waals surface area contributed by atoms with Gasteiger partial charge in [0.1, 0.15) is 17.5 Å². The van der Waals surface area contributed by atoms with Crippen LogP contribution in [0.15, 0.2) is 40.8 Å². The van der Waals surface area contributed by atoms with Gasteiger partial charge >= 0.3 is 11.8 Å². The molecule has 1 aliphatic rings.